The van der Waals surface area contributed by atoms with Gasteiger partial charge in [-0.2, -0.15) is 0 Å². The Bertz CT molecular complexity index is 796. The van der Waals surface area contributed by atoms with Crippen LogP contribution in [0.5, 0.6) is 0 Å². The second-order valence-corrected chi connectivity index (χ2v) is 6.45. The Hall–Kier alpha value is -2.34. The molecule has 0 aliphatic carbocycles. The first kappa shape index (κ1) is 16.5. The number of carboxylic acid groups (broad SMARTS) is 1. The smallest absolute Gasteiger partial charge is 0.305 e. The van der Waals surface area contributed by atoms with E-state index in [-0.39, 0.29) is 24.5 Å². The van der Waals surface area contributed by atoms with E-state index in [0.29, 0.717) is 18.7 Å². The molecule has 2 unspecified atom stereocenters. The van der Waals surface area contributed by atoms with Gasteiger partial charge in [0.05, 0.1) is 12.5 Å². The lowest BCUT2D eigenvalue weighted by Gasteiger charge is -2.22. The van der Waals surface area contributed by atoms with E-state index in [2.05, 4.69) is 4.98 Å². The number of fused-ring (bicyclic) bond motifs is 1. The number of methoxy groups -OCH3 is 1. The molecule has 1 saturated heterocycles. The van der Waals surface area contributed by atoms with E-state index in [0.717, 1.165) is 16.5 Å². The van der Waals surface area contributed by atoms with Crippen molar-refractivity contribution >= 4 is 22.8 Å². The van der Waals surface area contributed by atoms with Crippen LogP contribution in [-0.4, -0.2) is 52.7 Å². The van der Waals surface area contributed by atoms with Crippen molar-refractivity contribution in [1.82, 2.24) is 9.88 Å². The third-order valence-corrected chi connectivity index (χ3v) is 4.95. The summed E-state index contributed by atoms with van der Waals surface area (Å²) in [4.78, 5) is 28.8. The number of amides is 1. The lowest BCUT2D eigenvalue weighted by atomic mass is 10.1. The summed E-state index contributed by atoms with van der Waals surface area (Å²) in [6, 6.07) is 5.50. The number of carboxylic acids is 1. The van der Waals surface area contributed by atoms with E-state index >= 15 is 0 Å². The number of H-pyrrole nitrogens is 1. The Balaban J connectivity index is 1.92. The van der Waals surface area contributed by atoms with Crippen molar-refractivity contribution < 1.29 is 19.4 Å². The van der Waals surface area contributed by atoms with E-state index in [1.807, 2.05) is 32.0 Å². The van der Waals surface area contributed by atoms with E-state index in [4.69, 9.17) is 9.84 Å². The number of ether oxygens (including phenoxy) is 1. The number of nitrogens with zero attached hydrogens (tertiary/aromatic N) is 1. The standard InChI is InChI=1S/C18H22N2O4/c1-10-4-5-15-14(11(10)2)8-16(19-15)18(23)20-9-13(24-3)6-12(20)7-17(21)22/h4-5,8,12-13,19H,6-7,9H2,1-3H3,(H,21,22). The highest BCUT2D eigenvalue weighted by atomic mass is 16.5. The van der Waals surface area contributed by atoms with Crippen LogP contribution in [-0.2, 0) is 9.53 Å². The average Bonchev–Trinajstić information content (AvgIpc) is 3.14. The Labute approximate surface area is 140 Å². The highest BCUT2D eigenvalue weighted by molar-refractivity contribution is 5.99. The van der Waals surface area contributed by atoms with Crippen LogP contribution < -0.4 is 0 Å². The molecule has 0 bridgehead atoms. The van der Waals surface area contributed by atoms with Gasteiger partial charge in [-0.25, -0.2) is 0 Å². The fraction of sp³-hybridized carbons (Fsp3) is 0.444. The number of aromatic amines is 1. The minimum atomic E-state index is -0.905. The maximum atomic E-state index is 12.9. The minimum absolute atomic E-state index is 0.0655. The molecule has 24 heavy (non-hydrogen) atoms. The van der Waals surface area contributed by atoms with Gasteiger partial charge in [-0.15, -0.1) is 0 Å². The normalized spacial score (nSPS) is 20.7. The van der Waals surface area contributed by atoms with Crippen molar-refractivity contribution in [2.24, 2.45) is 0 Å². The molecule has 1 aliphatic rings. The molecule has 2 atom stereocenters. The molecule has 1 aromatic carbocycles. The van der Waals surface area contributed by atoms with Gasteiger partial charge in [-0.05, 0) is 43.5 Å². The first-order chi connectivity index (χ1) is 11.4. The number of nitrogens with one attached hydrogen (secondary N) is 1. The molecular weight excluding hydrogens is 308 g/mol. The summed E-state index contributed by atoms with van der Waals surface area (Å²) < 4.78 is 5.34. The molecule has 0 saturated carbocycles. The molecule has 3 rings (SSSR count). The number of aliphatic carboxylic acids is 1. The Morgan fingerprint density at radius 3 is 2.79 bits per heavy atom. The van der Waals surface area contributed by atoms with E-state index in [1.165, 1.54) is 5.56 Å². The summed E-state index contributed by atoms with van der Waals surface area (Å²) >= 11 is 0. The van der Waals surface area contributed by atoms with Crippen LogP contribution in [0.3, 0.4) is 0 Å². The molecule has 0 spiro atoms. The second kappa shape index (κ2) is 6.28. The zero-order chi connectivity index (χ0) is 17.4. The van der Waals surface area contributed by atoms with Gasteiger partial charge in [-0.1, -0.05) is 6.07 Å². The molecule has 128 valence electrons. The van der Waals surface area contributed by atoms with Crippen molar-refractivity contribution in [1.29, 1.82) is 0 Å². The van der Waals surface area contributed by atoms with Crippen LogP contribution in [0.4, 0.5) is 0 Å². The zero-order valence-electron chi connectivity index (χ0n) is 14.1. The summed E-state index contributed by atoms with van der Waals surface area (Å²) in [7, 11) is 1.59. The third kappa shape index (κ3) is 2.89. The monoisotopic (exact) mass is 330 g/mol. The van der Waals surface area contributed by atoms with Crippen LogP contribution in [0.25, 0.3) is 10.9 Å². The van der Waals surface area contributed by atoms with Gasteiger partial charge < -0.3 is 19.7 Å². The van der Waals surface area contributed by atoms with E-state index < -0.39 is 5.97 Å². The zero-order valence-corrected chi connectivity index (χ0v) is 14.1. The molecule has 1 aromatic heterocycles. The third-order valence-electron chi connectivity index (χ3n) is 4.95. The number of hydrogen-bond donors (Lipinski definition) is 2. The highest BCUT2D eigenvalue weighted by Crippen LogP contribution is 2.27. The molecule has 6 nitrogen and oxygen atoms in total. The summed E-state index contributed by atoms with van der Waals surface area (Å²) in [5, 5.41) is 10.1. The van der Waals surface area contributed by atoms with Crippen LogP contribution in [0.15, 0.2) is 18.2 Å². The largest absolute Gasteiger partial charge is 0.481 e. The van der Waals surface area contributed by atoms with Crippen LogP contribution in [0.1, 0.15) is 34.5 Å². The van der Waals surface area contributed by atoms with Crippen molar-refractivity contribution in [3.63, 3.8) is 0 Å². The summed E-state index contributed by atoms with van der Waals surface area (Å²) in [6.07, 6.45) is 0.364. The average molecular weight is 330 g/mol. The summed E-state index contributed by atoms with van der Waals surface area (Å²) in [6.45, 7) is 4.49. The molecule has 2 heterocycles. The van der Waals surface area contributed by atoms with Crippen LogP contribution >= 0.6 is 0 Å². The number of aromatic nitrogens is 1. The predicted octanol–water partition coefficient (Wildman–Crippen LogP) is 2.49. The molecule has 1 fully saturated rings. The highest BCUT2D eigenvalue weighted by Gasteiger charge is 2.37. The number of rotatable bonds is 4. The molecule has 0 radical (unpaired) electrons. The number of carbonyl (C=O) groups is 2. The molecule has 1 aliphatic heterocycles. The van der Waals surface area contributed by atoms with Gasteiger partial charge in [0.2, 0.25) is 0 Å². The van der Waals surface area contributed by atoms with Gasteiger partial charge >= 0.3 is 5.97 Å². The molecule has 1 amide bonds. The maximum absolute atomic E-state index is 12.9. The topological polar surface area (TPSA) is 82.6 Å². The lowest BCUT2D eigenvalue weighted by molar-refractivity contribution is -0.138. The molecular formula is C18H22N2O4. The first-order valence-electron chi connectivity index (χ1n) is 8.05. The Kier molecular flexibility index (Phi) is 4.32. The molecule has 6 heteroatoms. The van der Waals surface area contributed by atoms with Gasteiger partial charge in [0.25, 0.3) is 5.91 Å². The predicted molar refractivity (Wildman–Crippen MR) is 90.3 cm³/mol. The molecule has 2 aromatic rings. The van der Waals surface area contributed by atoms with Crippen molar-refractivity contribution in [3.05, 3.63) is 35.0 Å². The van der Waals surface area contributed by atoms with E-state index in [1.54, 1.807) is 12.0 Å². The number of carbonyl (C=O) groups excluding carboxylic acids is 1. The van der Waals surface area contributed by atoms with Crippen molar-refractivity contribution in [3.8, 4) is 0 Å². The maximum Gasteiger partial charge on any atom is 0.305 e. The number of aryl methyl sites for hydroxylation is 2. The van der Waals surface area contributed by atoms with Crippen molar-refractivity contribution in [2.75, 3.05) is 13.7 Å². The quantitative estimate of drug-likeness (QED) is 0.902. The van der Waals surface area contributed by atoms with Gasteiger partial charge in [-0.3, -0.25) is 9.59 Å². The number of likely N-dealkylation sites (tertiary alicyclic amines) is 1. The fourth-order valence-electron chi connectivity index (χ4n) is 3.42. The fourth-order valence-corrected chi connectivity index (χ4v) is 3.42. The Morgan fingerprint density at radius 1 is 1.38 bits per heavy atom. The van der Waals surface area contributed by atoms with Gasteiger partial charge in [0.15, 0.2) is 0 Å². The Morgan fingerprint density at radius 2 is 2.12 bits per heavy atom. The second-order valence-electron chi connectivity index (χ2n) is 6.45. The van der Waals surface area contributed by atoms with Crippen LogP contribution in [0, 0.1) is 13.8 Å². The van der Waals surface area contributed by atoms with Gasteiger partial charge in [0.1, 0.15) is 5.69 Å². The number of hydrogen-bond acceptors (Lipinski definition) is 3. The van der Waals surface area contributed by atoms with Crippen molar-refractivity contribution in [2.45, 2.75) is 38.8 Å². The summed E-state index contributed by atoms with van der Waals surface area (Å²) in [5.74, 6) is -1.08. The molecule has 2 N–H and O–H groups in total. The SMILES string of the molecule is COC1CC(CC(=O)O)N(C(=O)c2cc3c(C)c(C)ccc3[nH]2)C1. The van der Waals surface area contributed by atoms with Gasteiger partial charge in [0, 0.05) is 30.6 Å². The lowest BCUT2D eigenvalue weighted by Crippen LogP contribution is -2.37. The first-order valence-corrected chi connectivity index (χ1v) is 8.05. The van der Waals surface area contributed by atoms with Crippen LogP contribution in [0.2, 0.25) is 0 Å². The summed E-state index contributed by atoms with van der Waals surface area (Å²) in [5.41, 5.74) is 3.72. The number of benzene rings is 1. The minimum Gasteiger partial charge on any atom is -0.481 e. The van der Waals surface area contributed by atoms with E-state index in [9.17, 15) is 9.59 Å².